The van der Waals surface area contributed by atoms with E-state index >= 15 is 0 Å². The van der Waals surface area contributed by atoms with E-state index in [2.05, 4.69) is 36.2 Å². The monoisotopic (exact) mass is 379 g/mol. The van der Waals surface area contributed by atoms with Crippen molar-refractivity contribution >= 4 is 29.0 Å². The zero-order valence-electron chi connectivity index (χ0n) is 16.5. The second kappa shape index (κ2) is 8.25. The van der Waals surface area contributed by atoms with Crippen molar-refractivity contribution in [3.8, 4) is 0 Å². The molecule has 3 rings (SSSR count). The summed E-state index contributed by atoms with van der Waals surface area (Å²) in [6, 6.07) is 12.8. The predicted molar refractivity (Wildman–Crippen MR) is 110 cm³/mol. The molecule has 0 radical (unpaired) electrons. The van der Waals surface area contributed by atoms with Gasteiger partial charge in [-0.1, -0.05) is 24.3 Å². The van der Waals surface area contributed by atoms with Crippen molar-refractivity contribution in [2.45, 2.75) is 20.8 Å². The number of anilines is 2. The summed E-state index contributed by atoms with van der Waals surface area (Å²) in [5.74, 6) is -1.32. The number of carbonyl (C=O) groups excluding carboxylic acids is 3. The number of piperazine rings is 1. The minimum absolute atomic E-state index is 0.0926. The van der Waals surface area contributed by atoms with E-state index in [1.807, 2.05) is 6.07 Å². The maximum Gasteiger partial charge on any atom is 0.313 e. The first-order chi connectivity index (χ1) is 13.4. The fourth-order valence-electron chi connectivity index (χ4n) is 3.37. The number of nitrogens with one attached hydrogen (secondary N) is 1. The van der Waals surface area contributed by atoms with Crippen molar-refractivity contribution in [1.29, 1.82) is 0 Å². The molecule has 0 unspecified atom stereocenters. The molecule has 0 atom stereocenters. The first-order valence-electron chi connectivity index (χ1n) is 9.39. The van der Waals surface area contributed by atoms with Gasteiger partial charge in [-0.05, 0) is 50.1 Å². The Morgan fingerprint density at radius 2 is 1.61 bits per heavy atom. The third kappa shape index (κ3) is 4.22. The molecule has 6 nitrogen and oxygen atoms in total. The van der Waals surface area contributed by atoms with E-state index in [1.54, 1.807) is 29.2 Å². The lowest BCUT2D eigenvalue weighted by Crippen LogP contribution is -2.51. The molecule has 2 aromatic rings. The van der Waals surface area contributed by atoms with Gasteiger partial charge in [0, 0.05) is 43.1 Å². The Morgan fingerprint density at radius 3 is 2.29 bits per heavy atom. The molecule has 6 heteroatoms. The summed E-state index contributed by atoms with van der Waals surface area (Å²) in [6.45, 7) is 8.00. The largest absolute Gasteiger partial charge is 0.368 e. The highest BCUT2D eigenvalue weighted by atomic mass is 16.2. The van der Waals surface area contributed by atoms with Gasteiger partial charge in [0.05, 0.1) is 0 Å². The molecule has 0 saturated carbocycles. The summed E-state index contributed by atoms with van der Waals surface area (Å²) in [5.41, 5.74) is 4.60. The van der Waals surface area contributed by atoms with Gasteiger partial charge in [-0.3, -0.25) is 14.4 Å². The van der Waals surface area contributed by atoms with Crippen LogP contribution in [0.25, 0.3) is 0 Å². The van der Waals surface area contributed by atoms with Gasteiger partial charge >= 0.3 is 11.8 Å². The highest BCUT2D eigenvalue weighted by molar-refractivity contribution is 6.39. The number of carbonyl (C=O) groups is 3. The highest BCUT2D eigenvalue weighted by Gasteiger charge is 2.26. The smallest absolute Gasteiger partial charge is 0.313 e. The van der Waals surface area contributed by atoms with E-state index in [4.69, 9.17) is 0 Å². The predicted octanol–water partition coefficient (Wildman–Crippen LogP) is 2.79. The van der Waals surface area contributed by atoms with Crippen molar-refractivity contribution < 1.29 is 14.4 Å². The molecule has 1 N–H and O–H groups in total. The zero-order valence-corrected chi connectivity index (χ0v) is 16.5. The van der Waals surface area contributed by atoms with Crippen LogP contribution in [0.4, 0.5) is 11.4 Å². The Bertz CT molecular complexity index is 915. The van der Waals surface area contributed by atoms with E-state index in [0.717, 1.165) is 0 Å². The topological polar surface area (TPSA) is 69.7 Å². The van der Waals surface area contributed by atoms with Crippen molar-refractivity contribution in [2.75, 3.05) is 36.4 Å². The average molecular weight is 379 g/mol. The molecular formula is C22H25N3O3. The fourth-order valence-corrected chi connectivity index (χ4v) is 3.37. The third-order valence-electron chi connectivity index (χ3n) is 5.20. The number of hydrogen-bond donors (Lipinski definition) is 1. The van der Waals surface area contributed by atoms with Crippen LogP contribution in [-0.2, 0) is 9.59 Å². The molecule has 0 aromatic heterocycles. The standard InChI is InChI=1S/C22H25N3O3/c1-15-6-4-9-20(16(15)2)24-10-12-25(13-11-24)22(28)21(27)23-19-8-5-7-18(14-19)17(3)26/h4-9,14H,10-13H2,1-3H3,(H,23,27). The molecule has 1 saturated heterocycles. The SMILES string of the molecule is CC(=O)c1cccc(NC(=O)C(=O)N2CCN(c3cccc(C)c3C)CC2)c1. The number of hydrogen-bond acceptors (Lipinski definition) is 4. The van der Waals surface area contributed by atoms with Gasteiger partial charge < -0.3 is 15.1 Å². The highest BCUT2D eigenvalue weighted by Crippen LogP contribution is 2.24. The number of nitrogens with zero attached hydrogens (tertiary/aromatic N) is 2. The molecular weight excluding hydrogens is 354 g/mol. The average Bonchev–Trinajstić information content (AvgIpc) is 2.70. The number of amides is 2. The molecule has 1 aliphatic heterocycles. The zero-order chi connectivity index (χ0) is 20.3. The van der Waals surface area contributed by atoms with Gasteiger partial charge in [0.25, 0.3) is 0 Å². The van der Waals surface area contributed by atoms with Crippen molar-refractivity contribution in [2.24, 2.45) is 0 Å². The summed E-state index contributed by atoms with van der Waals surface area (Å²) in [5, 5.41) is 2.60. The van der Waals surface area contributed by atoms with Crippen molar-refractivity contribution in [3.05, 3.63) is 59.2 Å². The number of Topliss-reactive ketones (excluding diaryl/α,β-unsaturated/α-hetero) is 1. The van der Waals surface area contributed by atoms with Gasteiger partial charge in [0.15, 0.2) is 5.78 Å². The van der Waals surface area contributed by atoms with E-state index < -0.39 is 11.8 Å². The van der Waals surface area contributed by atoms with E-state index in [0.29, 0.717) is 37.4 Å². The van der Waals surface area contributed by atoms with Gasteiger partial charge in [0.1, 0.15) is 0 Å². The van der Waals surface area contributed by atoms with Gasteiger partial charge in [-0.25, -0.2) is 0 Å². The Morgan fingerprint density at radius 1 is 0.929 bits per heavy atom. The molecule has 2 amide bonds. The molecule has 0 spiro atoms. The number of ketones is 1. The van der Waals surface area contributed by atoms with Crippen LogP contribution < -0.4 is 10.2 Å². The van der Waals surface area contributed by atoms with Crippen LogP contribution in [-0.4, -0.2) is 48.7 Å². The van der Waals surface area contributed by atoms with E-state index in [-0.39, 0.29) is 5.78 Å². The Kier molecular flexibility index (Phi) is 5.78. The second-order valence-electron chi connectivity index (χ2n) is 7.09. The molecule has 28 heavy (non-hydrogen) atoms. The quantitative estimate of drug-likeness (QED) is 0.658. The molecule has 0 aliphatic carbocycles. The van der Waals surface area contributed by atoms with Crippen LogP contribution in [0.2, 0.25) is 0 Å². The molecule has 146 valence electrons. The maximum absolute atomic E-state index is 12.5. The Hall–Kier alpha value is -3.15. The molecule has 1 aliphatic rings. The first-order valence-corrected chi connectivity index (χ1v) is 9.39. The van der Waals surface area contributed by atoms with Gasteiger partial charge in [-0.15, -0.1) is 0 Å². The summed E-state index contributed by atoms with van der Waals surface area (Å²) in [4.78, 5) is 40.1. The summed E-state index contributed by atoms with van der Waals surface area (Å²) >= 11 is 0. The normalized spacial score (nSPS) is 14.0. The number of aryl methyl sites for hydroxylation is 1. The lowest BCUT2D eigenvalue weighted by Gasteiger charge is -2.36. The Balaban J connectivity index is 1.60. The second-order valence-corrected chi connectivity index (χ2v) is 7.09. The first kappa shape index (κ1) is 19.6. The van der Waals surface area contributed by atoms with E-state index in [1.165, 1.54) is 23.7 Å². The van der Waals surface area contributed by atoms with E-state index in [9.17, 15) is 14.4 Å². The van der Waals surface area contributed by atoms with Crippen molar-refractivity contribution in [1.82, 2.24) is 4.90 Å². The number of rotatable bonds is 3. The molecule has 0 bridgehead atoms. The van der Waals surface area contributed by atoms with Gasteiger partial charge in [0.2, 0.25) is 0 Å². The van der Waals surface area contributed by atoms with Crippen LogP contribution >= 0.6 is 0 Å². The fraction of sp³-hybridized carbons (Fsp3) is 0.318. The molecule has 1 fully saturated rings. The molecule has 1 heterocycles. The van der Waals surface area contributed by atoms with Crippen LogP contribution in [0.3, 0.4) is 0 Å². The Labute approximate surface area is 165 Å². The maximum atomic E-state index is 12.5. The minimum atomic E-state index is -0.680. The van der Waals surface area contributed by atoms with Crippen molar-refractivity contribution in [3.63, 3.8) is 0 Å². The van der Waals surface area contributed by atoms with Crippen LogP contribution in [0.5, 0.6) is 0 Å². The van der Waals surface area contributed by atoms with Crippen LogP contribution in [0, 0.1) is 13.8 Å². The summed E-state index contributed by atoms with van der Waals surface area (Å²) in [6.07, 6.45) is 0. The van der Waals surface area contributed by atoms with Gasteiger partial charge in [-0.2, -0.15) is 0 Å². The summed E-state index contributed by atoms with van der Waals surface area (Å²) < 4.78 is 0. The lowest BCUT2D eigenvalue weighted by atomic mass is 10.1. The third-order valence-corrected chi connectivity index (χ3v) is 5.20. The number of benzene rings is 2. The van der Waals surface area contributed by atoms with Crippen LogP contribution in [0.1, 0.15) is 28.4 Å². The lowest BCUT2D eigenvalue weighted by molar-refractivity contribution is -0.143. The summed E-state index contributed by atoms with van der Waals surface area (Å²) in [7, 11) is 0. The molecule has 2 aromatic carbocycles. The van der Waals surface area contributed by atoms with Crippen LogP contribution in [0.15, 0.2) is 42.5 Å². The minimum Gasteiger partial charge on any atom is -0.368 e.